The van der Waals surface area contributed by atoms with Crippen molar-refractivity contribution in [2.75, 3.05) is 5.32 Å². The van der Waals surface area contributed by atoms with E-state index in [-0.39, 0.29) is 5.91 Å². The number of Topliss-reactive ketones (excluding diaryl/α,β-unsaturated/α-hetero) is 1. The van der Waals surface area contributed by atoms with E-state index in [4.69, 9.17) is 0 Å². The second kappa shape index (κ2) is 15.4. The van der Waals surface area contributed by atoms with Gasteiger partial charge < -0.3 is 5.32 Å². The van der Waals surface area contributed by atoms with Gasteiger partial charge in [0, 0.05) is 24.9 Å². The van der Waals surface area contributed by atoms with Crippen LogP contribution in [0.3, 0.4) is 0 Å². The lowest BCUT2D eigenvalue weighted by atomic mass is 10.0. The van der Waals surface area contributed by atoms with Crippen molar-refractivity contribution in [3.8, 4) is 0 Å². The molecule has 0 atom stereocenters. The molecule has 0 aliphatic carbocycles. The Morgan fingerprint density at radius 1 is 0.704 bits per heavy atom. The fraction of sp³-hybridized carbons (Fsp3) is 0.667. The van der Waals surface area contributed by atoms with Crippen LogP contribution in [0.2, 0.25) is 0 Å². The van der Waals surface area contributed by atoms with Gasteiger partial charge in [-0.1, -0.05) is 82.4 Å². The van der Waals surface area contributed by atoms with Crippen molar-refractivity contribution < 1.29 is 9.59 Å². The Morgan fingerprint density at radius 2 is 1.22 bits per heavy atom. The summed E-state index contributed by atoms with van der Waals surface area (Å²) in [5, 5.41) is 2.88. The normalized spacial score (nSPS) is 10.7. The van der Waals surface area contributed by atoms with Gasteiger partial charge in [0.2, 0.25) is 5.91 Å². The molecule has 1 rings (SSSR count). The molecule has 1 aromatic carbocycles. The van der Waals surface area contributed by atoms with E-state index in [9.17, 15) is 9.59 Å². The highest BCUT2D eigenvalue weighted by molar-refractivity contribution is 5.91. The minimum atomic E-state index is -0.00871. The number of hydrogen-bond donors (Lipinski definition) is 1. The summed E-state index contributed by atoms with van der Waals surface area (Å²) in [5.41, 5.74) is 1.99. The van der Waals surface area contributed by atoms with E-state index >= 15 is 0 Å². The van der Waals surface area contributed by atoms with Gasteiger partial charge in [-0.3, -0.25) is 9.59 Å². The first-order valence-electron chi connectivity index (χ1n) is 11.0. The smallest absolute Gasteiger partial charge is 0.224 e. The van der Waals surface area contributed by atoms with E-state index < -0.39 is 0 Å². The molecule has 0 fully saturated rings. The molecule has 0 radical (unpaired) electrons. The van der Waals surface area contributed by atoms with Crippen LogP contribution in [0.1, 0.15) is 102 Å². The molecule has 0 unspecified atom stereocenters. The molecule has 0 saturated carbocycles. The maximum absolute atomic E-state index is 11.9. The zero-order valence-electron chi connectivity index (χ0n) is 17.5. The molecule has 27 heavy (non-hydrogen) atoms. The number of aryl methyl sites for hydroxylation is 1. The molecular weight excluding hydrogens is 334 g/mol. The molecule has 0 heterocycles. The van der Waals surface area contributed by atoms with Crippen molar-refractivity contribution in [2.24, 2.45) is 0 Å². The number of ketones is 1. The molecular formula is C24H39NO2. The highest BCUT2D eigenvalue weighted by Crippen LogP contribution is 2.13. The van der Waals surface area contributed by atoms with Gasteiger partial charge >= 0.3 is 0 Å². The van der Waals surface area contributed by atoms with Crippen LogP contribution in [-0.4, -0.2) is 11.7 Å². The fourth-order valence-electron chi connectivity index (χ4n) is 3.24. The lowest BCUT2D eigenvalue weighted by molar-refractivity contribution is -0.119. The second-order valence-electron chi connectivity index (χ2n) is 7.74. The summed E-state index contributed by atoms with van der Waals surface area (Å²) in [7, 11) is 0. The van der Waals surface area contributed by atoms with E-state index in [0.717, 1.165) is 18.5 Å². The van der Waals surface area contributed by atoms with Crippen molar-refractivity contribution >= 4 is 17.4 Å². The van der Waals surface area contributed by atoms with Gasteiger partial charge in [-0.2, -0.15) is 0 Å². The third-order valence-corrected chi connectivity index (χ3v) is 5.00. The molecule has 0 spiro atoms. The van der Waals surface area contributed by atoms with Crippen LogP contribution in [0, 0.1) is 6.92 Å². The maximum atomic E-state index is 11.9. The number of rotatable bonds is 16. The molecule has 3 heteroatoms. The summed E-state index contributed by atoms with van der Waals surface area (Å²) in [6, 6.07) is 7.77. The van der Waals surface area contributed by atoms with Crippen molar-refractivity contribution in [3.63, 3.8) is 0 Å². The van der Waals surface area contributed by atoms with Crippen LogP contribution in [-0.2, 0) is 9.59 Å². The van der Waals surface area contributed by atoms with Gasteiger partial charge in [-0.15, -0.1) is 0 Å². The van der Waals surface area contributed by atoms with E-state index in [1.54, 1.807) is 0 Å². The zero-order valence-corrected chi connectivity index (χ0v) is 17.5. The van der Waals surface area contributed by atoms with Crippen LogP contribution >= 0.6 is 0 Å². The summed E-state index contributed by atoms with van der Waals surface area (Å²) in [6.07, 6.45) is 15.1. The minimum Gasteiger partial charge on any atom is -0.326 e. The highest BCUT2D eigenvalue weighted by Gasteiger charge is 2.06. The van der Waals surface area contributed by atoms with Gasteiger partial charge in [-0.05, 0) is 31.9 Å². The summed E-state index contributed by atoms with van der Waals surface area (Å²) < 4.78 is 0. The number of anilines is 1. The lowest BCUT2D eigenvalue weighted by Crippen LogP contribution is -2.11. The Bertz CT molecular complexity index is 522. The standard InChI is InChI=1S/C24H39NO2/c1-3-4-5-6-7-8-9-10-11-12-14-23(26)15-13-16-24(27)25-22-19-17-21(2)18-20-22/h17-20H,3-16H2,1-2H3,(H,25,27). The van der Waals surface area contributed by atoms with Gasteiger partial charge in [0.05, 0.1) is 0 Å². The topological polar surface area (TPSA) is 46.2 Å². The number of nitrogens with one attached hydrogen (secondary N) is 1. The van der Waals surface area contributed by atoms with Crippen molar-refractivity contribution in [3.05, 3.63) is 29.8 Å². The monoisotopic (exact) mass is 373 g/mol. The number of hydrogen-bond acceptors (Lipinski definition) is 2. The molecule has 1 amide bonds. The number of carbonyl (C=O) groups is 2. The van der Waals surface area contributed by atoms with Gasteiger partial charge in [0.1, 0.15) is 5.78 Å². The quantitative estimate of drug-likeness (QED) is 0.318. The Kier molecular flexibility index (Phi) is 13.4. The van der Waals surface area contributed by atoms with E-state index in [2.05, 4.69) is 12.2 Å². The molecule has 3 nitrogen and oxygen atoms in total. The highest BCUT2D eigenvalue weighted by atomic mass is 16.1. The molecule has 0 saturated heterocycles. The number of amides is 1. The third kappa shape index (κ3) is 13.2. The molecule has 1 aromatic rings. The van der Waals surface area contributed by atoms with Crippen LogP contribution in [0.5, 0.6) is 0 Å². The van der Waals surface area contributed by atoms with Crippen LogP contribution in [0.15, 0.2) is 24.3 Å². The Balaban J connectivity index is 1.93. The van der Waals surface area contributed by atoms with Crippen LogP contribution < -0.4 is 5.32 Å². The molecule has 1 N–H and O–H groups in total. The first-order chi connectivity index (χ1) is 13.1. The van der Waals surface area contributed by atoms with Crippen LogP contribution in [0.25, 0.3) is 0 Å². The Hall–Kier alpha value is -1.64. The summed E-state index contributed by atoms with van der Waals surface area (Å²) in [4.78, 5) is 23.8. The van der Waals surface area contributed by atoms with Crippen LogP contribution in [0.4, 0.5) is 5.69 Å². The lowest BCUT2D eigenvalue weighted by Gasteiger charge is -2.05. The number of unbranched alkanes of at least 4 members (excludes halogenated alkanes) is 9. The van der Waals surface area contributed by atoms with Crippen molar-refractivity contribution in [1.29, 1.82) is 0 Å². The third-order valence-electron chi connectivity index (χ3n) is 5.00. The van der Waals surface area contributed by atoms with Gasteiger partial charge in [0.15, 0.2) is 0 Å². The molecule has 0 aliphatic rings. The van der Waals surface area contributed by atoms with Crippen molar-refractivity contribution in [2.45, 2.75) is 104 Å². The van der Waals surface area contributed by atoms with E-state index in [0.29, 0.717) is 31.5 Å². The first kappa shape index (κ1) is 23.4. The largest absolute Gasteiger partial charge is 0.326 e. The number of benzene rings is 1. The second-order valence-corrected chi connectivity index (χ2v) is 7.74. The minimum absolute atomic E-state index is 0.00871. The molecule has 0 bridgehead atoms. The molecule has 0 aromatic heterocycles. The average Bonchev–Trinajstić information content (AvgIpc) is 2.65. The van der Waals surface area contributed by atoms with Gasteiger partial charge in [0.25, 0.3) is 0 Å². The fourth-order valence-corrected chi connectivity index (χ4v) is 3.24. The van der Waals surface area contributed by atoms with E-state index in [1.807, 2.05) is 31.2 Å². The summed E-state index contributed by atoms with van der Waals surface area (Å²) in [5.74, 6) is 0.295. The molecule has 152 valence electrons. The zero-order chi connectivity index (χ0) is 19.7. The van der Waals surface area contributed by atoms with E-state index in [1.165, 1.54) is 56.9 Å². The predicted molar refractivity (Wildman–Crippen MR) is 115 cm³/mol. The van der Waals surface area contributed by atoms with Gasteiger partial charge in [-0.25, -0.2) is 0 Å². The maximum Gasteiger partial charge on any atom is 0.224 e. The summed E-state index contributed by atoms with van der Waals surface area (Å²) in [6.45, 7) is 4.27. The number of carbonyl (C=O) groups excluding carboxylic acids is 2. The predicted octanol–water partition coefficient (Wildman–Crippen LogP) is 6.98. The SMILES string of the molecule is CCCCCCCCCCCCC(=O)CCCC(=O)Nc1ccc(C)cc1. The van der Waals surface area contributed by atoms with Crippen molar-refractivity contribution in [1.82, 2.24) is 0 Å². The first-order valence-corrected chi connectivity index (χ1v) is 11.0. The summed E-state index contributed by atoms with van der Waals surface area (Å²) >= 11 is 0. The molecule has 0 aliphatic heterocycles. The average molecular weight is 374 g/mol. The Labute approximate surface area is 166 Å². The Morgan fingerprint density at radius 3 is 1.81 bits per heavy atom.